The van der Waals surface area contributed by atoms with Crippen molar-refractivity contribution in [3.63, 3.8) is 0 Å². The van der Waals surface area contributed by atoms with Gasteiger partial charge in [-0.1, -0.05) is 61.4 Å². The lowest BCUT2D eigenvalue weighted by Crippen LogP contribution is -2.34. The highest BCUT2D eigenvalue weighted by Crippen LogP contribution is 2.25. The van der Waals surface area contributed by atoms with Gasteiger partial charge >= 0.3 is 0 Å². The van der Waals surface area contributed by atoms with E-state index in [0.29, 0.717) is 6.04 Å². The summed E-state index contributed by atoms with van der Waals surface area (Å²) in [6, 6.07) is 21.1. The maximum Gasteiger partial charge on any atom is 0.252 e. The third-order valence-electron chi connectivity index (χ3n) is 6.33. The standard InChI is InChI=1S/C27H33N3O/c1-19-14-15-22(29-18-23-11-4-3-7-16-28-23)17-26(19)27(31)30-20(2)24-13-8-10-21-9-5-6-12-25(21)24/h5-6,8-10,12-15,17,20,23,28-29H,3-4,7,11,16,18H2,1-2H3,(H,30,31)/t20-,23?/m1/s1. The molecule has 0 spiro atoms. The number of hydrogen-bond donors (Lipinski definition) is 3. The van der Waals surface area contributed by atoms with E-state index in [9.17, 15) is 4.79 Å². The Hall–Kier alpha value is -2.85. The fourth-order valence-corrected chi connectivity index (χ4v) is 4.47. The summed E-state index contributed by atoms with van der Waals surface area (Å²) < 4.78 is 0. The molecular weight excluding hydrogens is 382 g/mol. The van der Waals surface area contributed by atoms with E-state index in [1.54, 1.807) is 0 Å². The Kier molecular flexibility index (Phi) is 6.88. The van der Waals surface area contributed by atoms with Crippen LogP contribution < -0.4 is 16.0 Å². The number of hydrogen-bond acceptors (Lipinski definition) is 3. The Morgan fingerprint density at radius 3 is 2.81 bits per heavy atom. The fourth-order valence-electron chi connectivity index (χ4n) is 4.47. The summed E-state index contributed by atoms with van der Waals surface area (Å²) in [6.07, 6.45) is 5.06. The minimum absolute atomic E-state index is 0.0332. The molecule has 3 aromatic rings. The van der Waals surface area contributed by atoms with E-state index in [-0.39, 0.29) is 11.9 Å². The Morgan fingerprint density at radius 2 is 1.90 bits per heavy atom. The number of aryl methyl sites for hydroxylation is 1. The minimum atomic E-state index is -0.0789. The molecule has 1 saturated heterocycles. The van der Waals surface area contributed by atoms with E-state index in [4.69, 9.17) is 0 Å². The molecule has 31 heavy (non-hydrogen) atoms. The summed E-state index contributed by atoms with van der Waals surface area (Å²) in [4.78, 5) is 13.1. The molecule has 2 atom stereocenters. The van der Waals surface area contributed by atoms with Crippen molar-refractivity contribution < 1.29 is 4.79 Å². The average Bonchev–Trinajstić information content (AvgIpc) is 3.07. The van der Waals surface area contributed by atoms with Crippen molar-refractivity contribution in [2.24, 2.45) is 0 Å². The summed E-state index contributed by atoms with van der Waals surface area (Å²) in [6.45, 7) is 6.03. The molecule has 0 bridgehead atoms. The Morgan fingerprint density at radius 1 is 1.06 bits per heavy atom. The number of nitrogens with one attached hydrogen (secondary N) is 3. The normalized spacial score (nSPS) is 17.7. The third-order valence-corrected chi connectivity index (χ3v) is 6.33. The van der Waals surface area contributed by atoms with Gasteiger partial charge in [0.25, 0.3) is 5.91 Å². The van der Waals surface area contributed by atoms with Crippen LogP contribution in [0.4, 0.5) is 5.69 Å². The second-order valence-corrected chi connectivity index (χ2v) is 8.67. The van der Waals surface area contributed by atoms with Crippen LogP contribution >= 0.6 is 0 Å². The van der Waals surface area contributed by atoms with Crippen LogP contribution in [0.2, 0.25) is 0 Å². The van der Waals surface area contributed by atoms with Crippen molar-refractivity contribution in [2.45, 2.75) is 51.6 Å². The SMILES string of the molecule is Cc1ccc(NCC2CCCCCN2)cc1C(=O)N[C@H](C)c1cccc2ccccc12. The smallest absolute Gasteiger partial charge is 0.252 e. The van der Waals surface area contributed by atoms with Crippen molar-refractivity contribution in [2.75, 3.05) is 18.4 Å². The summed E-state index contributed by atoms with van der Waals surface area (Å²) >= 11 is 0. The van der Waals surface area contributed by atoms with Gasteiger partial charge in [0, 0.05) is 23.8 Å². The van der Waals surface area contributed by atoms with Crippen LogP contribution in [0.25, 0.3) is 10.8 Å². The molecule has 0 saturated carbocycles. The molecule has 1 aliphatic heterocycles. The number of anilines is 1. The topological polar surface area (TPSA) is 53.2 Å². The van der Waals surface area contributed by atoms with Gasteiger partial charge in [-0.05, 0) is 67.3 Å². The number of amides is 1. The third kappa shape index (κ3) is 5.26. The van der Waals surface area contributed by atoms with Crippen LogP contribution in [0.5, 0.6) is 0 Å². The maximum absolute atomic E-state index is 13.1. The van der Waals surface area contributed by atoms with E-state index in [2.05, 4.69) is 59.3 Å². The van der Waals surface area contributed by atoms with Crippen molar-refractivity contribution in [3.05, 3.63) is 77.4 Å². The minimum Gasteiger partial charge on any atom is -0.383 e. The molecule has 1 fully saturated rings. The van der Waals surface area contributed by atoms with Crippen LogP contribution in [-0.4, -0.2) is 25.0 Å². The van der Waals surface area contributed by atoms with Crippen molar-refractivity contribution >= 4 is 22.4 Å². The highest BCUT2D eigenvalue weighted by Gasteiger charge is 2.16. The zero-order chi connectivity index (χ0) is 21.6. The first-order chi connectivity index (χ1) is 15.1. The average molecular weight is 416 g/mol. The predicted octanol–water partition coefficient (Wildman–Crippen LogP) is 5.58. The molecule has 4 rings (SSSR count). The van der Waals surface area contributed by atoms with Gasteiger partial charge in [0.1, 0.15) is 0 Å². The Bertz CT molecular complexity index is 1030. The van der Waals surface area contributed by atoms with Gasteiger partial charge in [-0.25, -0.2) is 0 Å². The van der Waals surface area contributed by atoms with Gasteiger partial charge in [-0.3, -0.25) is 4.79 Å². The largest absolute Gasteiger partial charge is 0.383 e. The zero-order valence-electron chi connectivity index (χ0n) is 18.6. The van der Waals surface area contributed by atoms with Crippen molar-refractivity contribution in [1.29, 1.82) is 0 Å². The number of benzene rings is 3. The van der Waals surface area contributed by atoms with Crippen LogP contribution in [-0.2, 0) is 0 Å². The van der Waals surface area contributed by atoms with E-state index in [1.165, 1.54) is 36.5 Å². The van der Waals surface area contributed by atoms with Gasteiger partial charge in [0.05, 0.1) is 6.04 Å². The van der Waals surface area contributed by atoms with Crippen LogP contribution in [0.15, 0.2) is 60.7 Å². The summed E-state index contributed by atoms with van der Waals surface area (Å²) in [7, 11) is 0. The summed E-state index contributed by atoms with van der Waals surface area (Å²) in [5.74, 6) is -0.0332. The van der Waals surface area contributed by atoms with E-state index in [0.717, 1.165) is 35.5 Å². The molecule has 3 N–H and O–H groups in total. The monoisotopic (exact) mass is 415 g/mol. The summed E-state index contributed by atoms with van der Waals surface area (Å²) in [5.41, 5.74) is 3.85. The van der Waals surface area contributed by atoms with Gasteiger partial charge in [0.15, 0.2) is 0 Å². The van der Waals surface area contributed by atoms with Gasteiger partial charge in [-0.2, -0.15) is 0 Å². The zero-order valence-corrected chi connectivity index (χ0v) is 18.6. The number of carbonyl (C=O) groups is 1. The molecule has 4 heteroatoms. The molecular formula is C27H33N3O. The second-order valence-electron chi connectivity index (χ2n) is 8.67. The van der Waals surface area contributed by atoms with Crippen LogP contribution in [0.3, 0.4) is 0 Å². The van der Waals surface area contributed by atoms with E-state index < -0.39 is 0 Å². The Balaban J connectivity index is 1.45. The van der Waals surface area contributed by atoms with Gasteiger partial charge in [-0.15, -0.1) is 0 Å². The highest BCUT2D eigenvalue weighted by molar-refractivity contribution is 5.97. The van der Waals surface area contributed by atoms with Crippen LogP contribution in [0, 0.1) is 6.92 Å². The van der Waals surface area contributed by atoms with Crippen LogP contribution in [0.1, 0.15) is 60.1 Å². The lowest BCUT2D eigenvalue weighted by Gasteiger charge is -2.19. The first kappa shape index (κ1) is 21.4. The van der Waals surface area contributed by atoms with Crippen molar-refractivity contribution in [1.82, 2.24) is 10.6 Å². The molecule has 0 aromatic heterocycles. The quantitative estimate of drug-likeness (QED) is 0.492. The molecule has 1 aliphatic rings. The Labute approximate surface area is 185 Å². The van der Waals surface area contributed by atoms with E-state index in [1.807, 2.05) is 31.2 Å². The van der Waals surface area contributed by atoms with Gasteiger partial charge < -0.3 is 16.0 Å². The van der Waals surface area contributed by atoms with Crippen molar-refractivity contribution in [3.8, 4) is 0 Å². The van der Waals surface area contributed by atoms with E-state index >= 15 is 0 Å². The number of rotatable bonds is 6. The fraction of sp³-hybridized carbons (Fsp3) is 0.370. The molecule has 1 heterocycles. The lowest BCUT2D eigenvalue weighted by molar-refractivity contribution is 0.0939. The number of carbonyl (C=O) groups excluding carboxylic acids is 1. The molecule has 3 aromatic carbocycles. The number of fused-ring (bicyclic) bond motifs is 1. The molecule has 0 aliphatic carbocycles. The lowest BCUT2D eigenvalue weighted by atomic mass is 9.99. The molecule has 0 radical (unpaired) electrons. The predicted molar refractivity (Wildman–Crippen MR) is 130 cm³/mol. The summed E-state index contributed by atoms with van der Waals surface area (Å²) in [5, 5.41) is 12.7. The molecule has 4 nitrogen and oxygen atoms in total. The maximum atomic E-state index is 13.1. The first-order valence-corrected chi connectivity index (χ1v) is 11.5. The highest BCUT2D eigenvalue weighted by atomic mass is 16.1. The van der Waals surface area contributed by atoms with Gasteiger partial charge in [0.2, 0.25) is 0 Å². The molecule has 1 amide bonds. The first-order valence-electron chi connectivity index (χ1n) is 11.5. The second kappa shape index (κ2) is 9.97. The molecule has 162 valence electrons. The molecule has 1 unspecified atom stereocenters.